The third-order valence-corrected chi connectivity index (χ3v) is 4.17. The van der Waals surface area contributed by atoms with Crippen LogP contribution in [-0.2, 0) is 11.2 Å². The molecule has 0 saturated carbocycles. The number of nitrogens with zero attached hydrogens (tertiary/aromatic N) is 2. The summed E-state index contributed by atoms with van der Waals surface area (Å²) in [5.74, 6) is 0.0318. The molecule has 1 amide bonds. The molecule has 2 aromatic rings. The Morgan fingerprint density at radius 1 is 1.23 bits per heavy atom. The lowest BCUT2D eigenvalue weighted by Gasteiger charge is -2.28. The summed E-state index contributed by atoms with van der Waals surface area (Å²) in [5.41, 5.74) is 2.11. The molecule has 1 aliphatic heterocycles. The topological polar surface area (TPSA) is 61.0 Å². The number of nitrogens with one attached hydrogen (secondary N) is 2. The van der Waals surface area contributed by atoms with Gasteiger partial charge in [0.15, 0.2) is 0 Å². The van der Waals surface area contributed by atoms with E-state index in [9.17, 15) is 4.79 Å². The van der Waals surface area contributed by atoms with Gasteiger partial charge in [-0.25, -0.2) is 0 Å². The molecule has 0 spiro atoms. The average Bonchev–Trinajstić information content (AvgIpc) is 3.22. The molecule has 0 aliphatic carbocycles. The van der Waals surface area contributed by atoms with Crippen molar-refractivity contribution >= 4 is 5.91 Å². The van der Waals surface area contributed by atoms with Crippen LogP contribution in [0.3, 0.4) is 0 Å². The largest absolute Gasteiger partial charge is 0.354 e. The number of amides is 1. The minimum Gasteiger partial charge on any atom is -0.354 e. The summed E-state index contributed by atoms with van der Waals surface area (Å²) in [5, 5.41) is 9.76. The van der Waals surface area contributed by atoms with Crippen molar-refractivity contribution in [2.75, 3.05) is 19.6 Å². The lowest BCUT2D eigenvalue weighted by Crippen LogP contribution is -2.37. The van der Waals surface area contributed by atoms with Gasteiger partial charge in [-0.1, -0.05) is 30.3 Å². The Labute approximate surface area is 130 Å². The van der Waals surface area contributed by atoms with E-state index in [2.05, 4.69) is 44.7 Å². The number of benzene rings is 1. The summed E-state index contributed by atoms with van der Waals surface area (Å²) < 4.78 is 0. The van der Waals surface area contributed by atoms with E-state index in [-0.39, 0.29) is 11.9 Å². The first kappa shape index (κ1) is 14.8. The predicted molar refractivity (Wildman–Crippen MR) is 85.3 cm³/mol. The van der Waals surface area contributed by atoms with Gasteiger partial charge in [0.2, 0.25) is 5.91 Å². The Balaban J connectivity index is 1.61. The normalized spacial score (nSPS) is 16.5. The number of carbonyl (C=O) groups is 1. The number of aromatic amines is 1. The van der Waals surface area contributed by atoms with Gasteiger partial charge in [0.05, 0.1) is 12.5 Å². The van der Waals surface area contributed by atoms with E-state index in [0.29, 0.717) is 13.0 Å². The highest BCUT2D eigenvalue weighted by Gasteiger charge is 2.23. The first-order valence-corrected chi connectivity index (χ1v) is 7.87. The number of hydrogen-bond acceptors (Lipinski definition) is 3. The zero-order chi connectivity index (χ0) is 15.2. The van der Waals surface area contributed by atoms with Gasteiger partial charge in [-0.3, -0.25) is 14.8 Å². The van der Waals surface area contributed by atoms with Gasteiger partial charge < -0.3 is 5.32 Å². The van der Waals surface area contributed by atoms with Crippen molar-refractivity contribution in [3.63, 3.8) is 0 Å². The number of hydrogen-bond donors (Lipinski definition) is 2. The highest BCUT2D eigenvalue weighted by Crippen LogP contribution is 2.24. The lowest BCUT2D eigenvalue weighted by molar-refractivity contribution is -0.120. The second-order valence-corrected chi connectivity index (χ2v) is 5.73. The van der Waals surface area contributed by atoms with E-state index in [1.54, 1.807) is 6.20 Å². The van der Waals surface area contributed by atoms with Crippen LogP contribution in [0.1, 0.15) is 30.1 Å². The van der Waals surface area contributed by atoms with Crippen LogP contribution in [0, 0.1) is 0 Å². The van der Waals surface area contributed by atoms with Crippen LogP contribution in [-0.4, -0.2) is 40.6 Å². The van der Waals surface area contributed by atoms with Gasteiger partial charge in [-0.15, -0.1) is 0 Å². The summed E-state index contributed by atoms with van der Waals surface area (Å²) in [4.78, 5) is 14.5. The van der Waals surface area contributed by atoms with Crippen LogP contribution < -0.4 is 5.32 Å². The van der Waals surface area contributed by atoms with Crippen LogP contribution in [0.15, 0.2) is 42.6 Å². The quantitative estimate of drug-likeness (QED) is 0.856. The molecule has 5 nitrogen and oxygen atoms in total. The van der Waals surface area contributed by atoms with Crippen LogP contribution in [0.25, 0.3) is 0 Å². The molecule has 1 aromatic heterocycles. The molecule has 1 aliphatic rings. The molecule has 0 radical (unpaired) electrons. The molecule has 3 rings (SSSR count). The number of rotatable bonds is 6. The van der Waals surface area contributed by atoms with E-state index < -0.39 is 0 Å². The molecule has 116 valence electrons. The maximum absolute atomic E-state index is 12.1. The summed E-state index contributed by atoms with van der Waals surface area (Å²) in [7, 11) is 0. The zero-order valence-electron chi connectivity index (χ0n) is 12.7. The average molecular weight is 298 g/mol. The van der Waals surface area contributed by atoms with Crippen molar-refractivity contribution in [1.29, 1.82) is 0 Å². The minimum absolute atomic E-state index is 0.0318. The second-order valence-electron chi connectivity index (χ2n) is 5.73. The molecule has 22 heavy (non-hydrogen) atoms. The maximum atomic E-state index is 12.1. The molecule has 1 aromatic carbocycles. The molecule has 0 bridgehead atoms. The number of likely N-dealkylation sites (tertiary alicyclic amines) is 1. The molecular formula is C17H22N4O. The molecule has 2 heterocycles. The van der Waals surface area contributed by atoms with Gasteiger partial charge >= 0.3 is 0 Å². The third kappa shape index (κ3) is 3.74. The Morgan fingerprint density at radius 3 is 2.68 bits per heavy atom. The Kier molecular flexibility index (Phi) is 4.85. The fraction of sp³-hybridized carbons (Fsp3) is 0.412. The van der Waals surface area contributed by atoms with Crippen molar-refractivity contribution < 1.29 is 4.79 Å². The fourth-order valence-corrected chi connectivity index (χ4v) is 3.02. The van der Waals surface area contributed by atoms with Crippen LogP contribution in [0.2, 0.25) is 0 Å². The smallest absolute Gasteiger partial charge is 0.226 e. The minimum atomic E-state index is 0.0318. The van der Waals surface area contributed by atoms with Gasteiger partial charge in [0.1, 0.15) is 0 Å². The Morgan fingerprint density at radius 2 is 2.00 bits per heavy atom. The number of carbonyl (C=O) groups excluding carboxylic acids is 1. The van der Waals surface area contributed by atoms with Crippen molar-refractivity contribution in [3.05, 3.63) is 53.9 Å². The maximum Gasteiger partial charge on any atom is 0.226 e. The standard InChI is InChI=1S/C17H22N4O/c22-17(12-15-8-9-19-20-15)18-13-16(21-10-4-5-11-21)14-6-2-1-3-7-14/h1-3,6-9,16H,4-5,10-13H2,(H,18,22)(H,19,20). The fourth-order valence-electron chi connectivity index (χ4n) is 3.02. The first-order valence-electron chi connectivity index (χ1n) is 7.87. The summed E-state index contributed by atoms with van der Waals surface area (Å²) in [6.45, 7) is 2.86. The molecule has 1 fully saturated rings. The monoisotopic (exact) mass is 298 g/mol. The number of H-pyrrole nitrogens is 1. The lowest BCUT2D eigenvalue weighted by atomic mass is 10.1. The van der Waals surface area contributed by atoms with E-state index in [1.807, 2.05) is 12.1 Å². The zero-order valence-corrected chi connectivity index (χ0v) is 12.7. The molecule has 2 N–H and O–H groups in total. The van der Waals surface area contributed by atoms with Crippen molar-refractivity contribution in [2.45, 2.75) is 25.3 Å². The summed E-state index contributed by atoms with van der Waals surface area (Å²) >= 11 is 0. The first-order chi connectivity index (χ1) is 10.8. The SMILES string of the molecule is O=C(Cc1ccn[nH]1)NCC(c1ccccc1)N1CCCC1. The van der Waals surface area contributed by atoms with Crippen LogP contribution in [0.5, 0.6) is 0 Å². The van der Waals surface area contributed by atoms with Crippen molar-refractivity contribution in [2.24, 2.45) is 0 Å². The molecule has 1 atom stereocenters. The summed E-state index contributed by atoms with van der Waals surface area (Å²) in [6, 6.07) is 12.5. The highest BCUT2D eigenvalue weighted by molar-refractivity contribution is 5.78. The van der Waals surface area contributed by atoms with Crippen molar-refractivity contribution in [3.8, 4) is 0 Å². The number of aromatic nitrogens is 2. The van der Waals surface area contributed by atoms with Gasteiger partial charge in [-0.05, 0) is 37.6 Å². The van der Waals surface area contributed by atoms with Crippen LogP contribution >= 0.6 is 0 Å². The van der Waals surface area contributed by atoms with E-state index >= 15 is 0 Å². The van der Waals surface area contributed by atoms with E-state index in [1.165, 1.54) is 18.4 Å². The van der Waals surface area contributed by atoms with E-state index in [0.717, 1.165) is 18.8 Å². The molecule has 1 saturated heterocycles. The molecule has 5 heteroatoms. The van der Waals surface area contributed by atoms with Crippen molar-refractivity contribution in [1.82, 2.24) is 20.4 Å². The Bertz CT molecular complexity index is 576. The molecular weight excluding hydrogens is 276 g/mol. The predicted octanol–water partition coefficient (Wildman–Crippen LogP) is 1.91. The van der Waals surface area contributed by atoms with Gasteiger partial charge in [0, 0.05) is 18.4 Å². The summed E-state index contributed by atoms with van der Waals surface area (Å²) in [6.07, 6.45) is 4.50. The van der Waals surface area contributed by atoms with Crippen LogP contribution in [0.4, 0.5) is 0 Å². The molecule has 1 unspecified atom stereocenters. The Hall–Kier alpha value is -2.14. The van der Waals surface area contributed by atoms with Gasteiger partial charge in [-0.2, -0.15) is 5.10 Å². The van der Waals surface area contributed by atoms with E-state index in [4.69, 9.17) is 0 Å². The van der Waals surface area contributed by atoms with Gasteiger partial charge in [0.25, 0.3) is 0 Å². The third-order valence-electron chi connectivity index (χ3n) is 4.17. The highest BCUT2D eigenvalue weighted by atomic mass is 16.1. The second kappa shape index (κ2) is 7.22.